The van der Waals surface area contributed by atoms with Crippen LogP contribution in [0.4, 0.5) is 0 Å². The van der Waals surface area contributed by atoms with E-state index in [1.165, 1.54) is 6.26 Å². The summed E-state index contributed by atoms with van der Waals surface area (Å²) in [6, 6.07) is 0. The minimum Gasteiger partial charge on any atom is -0.329 e. The standard InChI is InChI=1S/C7H12N4O2S/c1-11-4-8-5-3-9-14(2,13)10-7(12)6(5)11/h4,14H,3H2,1-2H3,(H2,9,10,12,13). The summed E-state index contributed by atoms with van der Waals surface area (Å²) >= 11 is 0. The van der Waals surface area contributed by atoms with E-state index in [1.807, 2.05) is 0 Å². The van der Waals surface area contributed by atoms with E-state index in [0.717, 1.165) is 0 Å². The third-order valence-electron chi connectivity index (χ3n) is 2.09. The van der Waals surface area contributed by atoms with Crippen molar-refractivity contribution in [1.29, 1.82) is 0 Å². The molecule has 0 bridgehead atoms. The first-order chi connectivity index (χ1) is 6.49. The molecule has 7 heteroatoms. The molecule has 0 saturated heterocycles. The predicted octanol–water partition coefficient (Wildman–Crippen LogP) is -1.27. The monoisotopic (exact) mass is 216 g/mol. The largest absolute Gasteiger partial charge is 0.329 e. The first-order valence-corrected chi connectivity index (χ1v) is 6.30. The summed E-state index contributed by atoms with van der Waals surface area (Å²) in [4.78, 5) is 15.7. The van der Waals surface area contributed by atoms with Gasteiger partial charge in [-0.3, -0.25) is 13.7 Å². The normalized spacial score (nSPS) is 22.0. The van der Waals surface area contributed by atoms with E-state index in [2.05, 4.69) is 14.4 Å². The molecular formula is C7H12N4O2S. The second-order valence-electron chi connectivity index (χ2n) is 3.35. The third-order valence-corrected chi connectivity index (χ3v) is 3.48. The number of fused-ring (bicyclic) bond motifs is 1. The minimum absolute atomic E-state index is 0.337. The van der Waals surface area contributed by atoms with Crippen LogP contribution < -0.4 is 9.44 Å². The van der Waals surface area contributed by atoms with Crippen molar-refractivity contribution in [3.05, 3.63) is 17.7 Å². The van der Waals surface area contributed by atoms with Gasteiger partial charge < -0.3 is 4.57 Å². The first kappa shape index (κ1) is 9.35. The number of hydrogen-bond donors (Lipinski definition) is 3. The van der Waals surface area contributed by atoms with Crippen molar-refractivity contribution in [1.82, 2.24) is 19.0 Å². The van der Waals surface area contributed by atoms with Crippen LogP contribution >= 0.6 is 0 Å². The molecule has 2 N–H and O–H groups in total. The van der Waals surface area contributed by atoms with Gasteiger partial charge in [-0.05, 0) is 0 Å². The molecule has 2 heterocycles. The highest BCUT2D eigenvalue weighted by Gasteiger charge is 2.24. The van der Waals surface area contributed by atoms with E-state index in [0.29, 0.717) is 17.9 Å². The maximum Gasteiger partial charge on any atom is 0.280 e. The van der Waals surface area contributed by atoms with Crippen molar-refractivity contribution in [2.75, 3.05) is 6.26 Å². The van der Waals surface area contributed by atoms with Gasteiger partial charge in [-0.15, -0.1) is 0 Å². The number of amides is 1. The van der Waals surface area contributed by atoms with Gasteiger partial charge in [0.1, 0.15) is 5.69 Å². The van der Waals surface area contributed by atoms with Crippen LogP contribution in [-0.2, 0) is 23.9 Å². The topological polar surface area (TPSA) is 76.0 Å². The van der Waals surface area contributed by atoms with E-state index in [9.17, 15) is 9.00 Å². The number of carbonyl (C=O) groups is 1. The highest BCUT2D eigenvalue weighted by molar-refractivity contribution is 7.99. The van der Waals surface area contributed by atoms with Crippen molar-refractivity contribution in [2.24, 2.45) is 7.05 Å². The van der Waals surface area contributed by atoms with Gasteiger partial charge in [0.2, 0.25) is 0 Å². The van der Waals surface area contributed by atoms with Crippen LogP contribution in [0.25, 0.3) is 0 Å². The maximum atomic E-state index is 11.7. The fraction of sp³-hybridized carbons (Fsp3) is 0.429. The zero-order valence-electron chi connectivity index (χ0n) is 7.94. The maximum absolute atomic E-state index is 11.7. The number of thiol groups is 1. The van der Waals surface area contributed by atoms with Gasteiger partial charge in [0.25, 0.3) is 5.91 Å². The molecule has 1 amide bonds. The fourth-order valence-electron chi connectivity index (χ4n) is 1.41. The Morgan fingerprint density at radius 3 is 3.07 bits per heavy atom. The van der Waals surface area contributed by atoms with E-state index >= 15 is 0 Å². The van der Waals surface area contributed by atoms with Crippen LogP contribution in [0.1, 0.15) is 16.2 Å². The molecule has 1 aliphatic heterocycles. The molecule has 0 spiro atoms. The molecule has 0 fully saturated rings. The Kier molecular flexibility index (Phi) is 1.93. The van der Waals surface area contributed by atoms with Gasteiger partial charge in [0.05, 0.1) is 18.6 Å². The highest BCUT2D eigenvalue weighted by atomic mass is 32.3. The van der Waals surface area contributed by atoms with Gasteiger partial charge in [-0.2, -0.15) is 0 Å². The molecule has 1 aliphatic rings. The Labute approximate surface area is 82.4 Å². The first-order valence-electron chi connectivity index (χ1n) is 4.15. The van der Waals surface area contributed by atoms with Crippen molar-refractivity contribution in [2.45, 2.75) is 6.54 Å². The number of rotatable bonds is 0. The molecular weight excluding hydrogens is 204 g/mol. The van der Waals surface area contributed by atoms with E-state index < -0.39 is 10.3 Å². The average molecular weight is 216 g/mol. The number of hydrogen-bond acceptors (Lipinski definition) is 3. The highest BCUT2D eigenvalue weighted by Crippen LogP contribution is 2.11. The van der Waals surface area contributed by atoms with Gasteiger partial charge in [-0.25, -0.2) is 9.71 Å². The molecule has 0 saturated carbocycles. The Hall–Kier alpha value is -1.21. The molecule has 0 aliphatic carbocycles. The molecule has 2 rings (SSSR count). The van der Waals surface area contributed by atoms with Crippen molar-refractivity contribution >= 4 is 16.2 Å². The van der Waals surface area contributed by atoms with Crippen molar-refractivity contribution in [3.63, 3.8) is 0 Å². The molecule has 1 aromatic rings. The average Bonchev–Trinajstić information content (AvgIpc) is 2.37. The summed E-state index contributed by atoms with van der Waals surface area (Å²) in [6.07, 6.45) is 3.05. The number of nitrogens with one attached hydrogen (secondary N) is 2. The van der Waals surface area contributed by atoms with Crippen LogP contribution in [0.2, 0.25) is 0 Å². The number of imidazole rings is 1. The van der Waals surface area contributed by atoms with E-state index in [-0.39, 0.29) is 5.91 Å². The lowest BCUT2D eigenvalue weighted by molar-refractivity contribution is 0.0974. The Balaban J connectivity index is 2.48. The molecule has 14 heavy (non-hydrogen) atoms. The van der Waals surface area contributed by atoms with E-state index in [4.69, 9.17) is 0 Å². The zero-order valence-corrected chi connectivity index (χ0v) is 8.84. The van der Waals surface area contributed by atoms with E-state index in [1.54, 1.807) is 17.9 Å². The Morgan fingerprint density at radius 2 is 2.36 bits per heavy atom. The number of aryl methyl sites for hydroxylation is 1. The Morgan fingerprint density at radius 1 is 1.64 bits per heavy atom. The molecule has 6 nitrogen and oxygen atoms in total. The number of carbonyl (C=O) groups excluding carboxylic acids is 1. The summed E-state index contributed by atoms with van der Waals surface area (Å²) in [7, 11) is -1.02. The van der Waals surface area contributed by atoms with Gasteiger partial charge in [-0.1, -0.05) is 0 Å². The van der Waals surface area contributed by atoms with Gasteiger partial charge >= 0.3 is 0 Å². The summed E-state index contributed by atoms with van der Waals surface area (Å²) in [5.74, 6) is -0.337. The summed E-state index contributed by atoms with van der Waals surface area (Å²) in [5, 5.41) is 0. The fourth-order valence-corrected chi connectivity index (χ4v) is 2.44. The molecule has 0 unspecified atom stereocenters. The van der Waals surface area contributed by atoms with Crippen molar-refractivity contribution in [3.8, 4) is 0 Å². The lowest BCUT2D eigenvalue weighted by Crippen LogP contribution is -2.43. The van der Waals surface area contributed by atoms with Crippen LogP contribution in [0, 0.1) is 0 Å². The minimum atomic E-state index is -2.76. The van der Waals surface area contributed by atoms with Gasteiger partial charge in [0, 0.05) is 23.6 Å². The lowest BCUT2D eigenvalue weighted by Gasteiger charge is -2.18. The lowest BCUT2D eigenvalue weighted by atomic mass is 10.3. The smallest absolute Gasteiger partial charge is 0.280 e. The summed E-state index contributed by atoms with van der Waals surface area (Å²) in [6.45, 7) is 0.350. The molecule has 0 atom stereocenters. The van der Waals surface area contributed by atoms with Crippen molar-refractivity contribution < 1.29 is 9.00 Å². The molecule has 0 aromatic carbocycles. The summed E-state index contributed by atoms with van der Waals surface area (Å²) < 4.78 is 18.5. The van der Waals surface area contributed by atoms with Crippen LogP contribution in [-0.4, -0.2) is 25.9 Å². The molecule has 0 radical (unpaired) electrons. The third kappa shape index (κ3) is 1.44. The predicted molar refractivity (Wildman–Crippen MR) is 53.0 cm³/mol. The van der Waals surface area contributed by atoms with Gasteiger partial charge in [0.15, 0.2) is 0 Å². The van der Waals surface area contributed by atoms with Crippen LogP contribution in [0.5, 0.6) is 0 Å². The van der Waals surface area contributed by atoms with Crippen LogP contribution in [0.15, 0.2) is 6.33 Å². The SMILES string of the molecule is Cn1cnc2c1C(=O)N[SH](C)(=O)NC2. The quantitative estimate of drug-likeness (QED) is 0.473. The Bertz CT molecular complexity index is 439. The van der Waals surface area contributed by atoms with Crippen LogP contribution in [0.3, 0.4) is 0 Å². The summed E-state index contributed by atoms with van der Waals surface area (Å²) in [5.41, 5.74) is 1.10. The second-order valence-corrected chi connectivity index (χ2v) is 5.74. The zero-order chi connectivity index (χ0) is 10.3. The number of aromatic nitrogens is 2. The second kappa shape index (κ2) is 2.89. The molecule has 78 valence electrons. The number of nitrogens with zero attached hydrogens (tertiary/aromatic N) is 2. The molecule has 1 aromatic heterocycles.